The molecule has 46 valence electrons. The van der Waals surface area contributed by atoms with Gasteiger partial charge in [-0.15, -0.1) is 0 Å². The Bertz CT molecular complexity index is 93.3. The first-order chi connectivity index (χ1) is 3.00. The molecule has 0 aliphatic heterocycles. The van der Waals surface area contributed by atoms with Crippen LogP contribution in [-0.4, -0.2) is 13.3 Å². The normalized spacial score (nSPS) is 9.14. The molecule has 7 heavy (non-hydrogen) atoms. The van der Waals surface area contributed by atoms with E-state index in [9.17, 15) is 0 Å². The monoisotopic (exact) mass is 180 g/mol. The van der Waals surface area contributed by atoms with Crippen LogP contribution < -0.4 is 0 Å². The summed E-state index contributed by atoms with van der Waals surface area (Å²) in [5.41, 5.74) is 0. The van der Waals surface area contributed by atoms with Crippen LogP contribution in [-0.2, 0) is 20.2 Å². The quantitative estimate of drug-likeness (QED) is 0.373. The Morgan fingerprint density at radius 2 is 1.57 bits per heavy atom. The van der Waals surface area contributed by atoms with E-state index >= 15 is 0 Å². The van der Waals surface area contributed by atoms with E-state index in [1.165, 1.54) is 0 Å². The molecule has 0 heterocycles. The first-order valence-electron chi connectivity index (χ1n) is 0.957. The van der Waals surface area contributed by atoms with Gasteiger partial charge in [-0.25, -0.2) is 0 Å². The van der Waals surface area contributed by atoms with E-state index < -0.39 is 9.05 Å². The molecule has 0 aromatic rings. The highest BCUT2D eigenvalue weighted by atomic mass is 32.9. The van der Waals surface area contributed by atoms with E-state index in [1.54, 1.807) is 0 Å². The number of thiol groups is 1. The Kier molecular flexibility index (Phi) is 8.15. The fourth-order valence-corrected chi connectivity index (χ4v) is 0. The zero-order valence-corrected chi connectivity index (χ0v) is 6.83. The van der Waals surface area contributed by atoms with E-state index in [1.807, 2.05) is 0 Å². The van der Waals surface area contributed by atoms with Crippen molar-refractivity contribution in [3.05, 3.63) is 0 Å². The van der Waals surface area contributed by atoms with Crippen molar-refractivity contribution >= 4 is 40.9 Å². The third-order valence-corrected chi connectivity index (χ3v) is 0. The van der Waals surface area contributed by atoms with E-state index in [4.69, 9.17) is 13.3 Å². The summed E-state index contributed by atoms with van der Waals surface area (Å²) >= 11 is 6.91. The molecule has 0 rings (SSSR count). The predicted octanol–water partition coefficient (Wildman–Crippen LogP) is 0.385. The first-order valence-corrected chi connectivity index (χ1v) is 5.42. The van der Waals surface area contributed by atoms with Gasteiger partial charge >= 0.3 is 0 Å². The van der Waals surface area contributed by atoms with Crippen LogP contribution in [0.3, 0.4) is 0 Å². The van der Waals surface area contributed by atoms with Gasteiger partial charge < -0.3 is 0 Å². The molecule has 3 nitrogen and oxygen atoms in total. The molecule has 0 saturated heterocycles. The average molecular weight is 180 g/mol. The summed E-state index contributed by atoms with van der Waals surface area (Å²) in [7, 11) is -1.72. The lowest BCUT2D eigenvalue weighted by Crippen LogP contribution is -1.86. The minimum absolute atomic E-state index is 2.11. The van der Waals surface area contributed by atoms with Crippen molar-refractivity contribution in [1.82, 2.24) is 0 Å². The molecule has 1 unspecified atom stereocenters. The van der Waals surface area contributed by atoms with Crippen LogP contribution in [0.25, 0.3) is 0 Å². The summed E-state index contributed by atoms with van der Waals surface area (Å²) in [5, 5.41) is 0. The highest BCUT2D eigenvalue weighted by Crippen LogP contribution is 1.76. The average Bonchev–Trinajstić information content (AvgIpc) is 1.36. The van der Waals surface area contributed by atoms with Crippen molar-refractivity contribution in [2.75, 3.05) is 0 Å². The van der Waals surface area contributed by atoms with Crippen molar-refractivity contribution < 1.29 is 13.3 Å². The van der Waals surface area contributed by atoms with Gasteiger partial charge in [0, 0.05) is 11.2 Å². The molecule has 0 amide bonds. The van der Waals surface area contributed by atoms with Crippen LogP contribution >= 0.6 is 20.7 Å². The van der Waals surface area contributed by atoms with Gasteiger partial charge in [-0.05, 0) is 0 Å². The van der Waals surface area contributed by atoms with Crippen LogP contribution in [0.2, 0.25) is 0 Å². The third-order valence-electron chi connectivity index (χ3n) is 0. The Morgan fingerprint density at radius 3 is 1.57 bits per heavy atom. The summed E-state index contributed by atoms with van der Waals surface area (Å²) in [5.74, 6) is 0. The largest absolute Gasteiger partial charge is 0.285 e. The molecule has 0 aromatic carbocycles. The topological polar surface area (TPSA) is 57.5 Å². The molecule has 0 spiro atoms. The molecule has 0 aliphatic rings. The lowest BCUT2D eigenvalue weighted by atomic mass is 15.8. The van der Waals surface area contributed by atoms with Crippen molar-refractivity contribution in [2.24, 2.45) is 0 Å². The van der Waals surface area contributed by atoms with Crippen molar-refractivity contribution in [3.63, 3.8) is 0 Å². The van der Waals surface area contributed by atoms with Gasteiger partial charge in [0.05, 0.1) is 0 Å². The van der Waals surface area contributed by atoms with Crippen molar-refractivity contribution in [1.29, 1.82) is 0 Å². The van der Waals surface area contributed by atoms with Gasteiger partial charge in [-0.1, -0.05) is 8.44 Å². The van der Waals surface area contributed by atoms with Gasteiger partial charge in [-0.2, -0.15) is 16.5 Å². The maximum Gasteiger partial charge on any atom is 0.263 e. The van der Waals surface area contributed by atoms with Gasteiger partial charge in [0.1, 0.15) is 0 Å². The summed E-state index contributed by atoms with van der Waals surface area (Å²) in [6, 6.07) is 0. The molecule has 0 fully saturated rings. The number of hydrogen-bond donors (Lipinski definition) is 3. The lowest BCUT2D eigenvalue weighted by molar-refractivity contribution is 0.450. The summed E-state index contributed by atoms with van der Waals surface area (Å²) < 4.78 is 24.0. The smallest absolute Gasteiger partial charge is 0.263 e. The zero-order chi connectivity index (χ0) is 6.50. The minimum atomic E-state index is -3.83. The second-order valence-corrected chi connectivity index (χ2v) is 2.65. The maximum atomic E-state index is 9.11. The second-order valence-electron chi connectivity index (χ2n) is 0.448. The highest BCUT2D eigenvalue weighted by Gasteiger charge is 1.78. The van der Waals surface area contributed by atoms with Crippen LogP contribution in [0.5, 0.6) is 0 Å². The molecule has 0 radical (unpaired) electrons. The molecular weight excluding hydrogens is 175 g/mol. The van der Waals surface area contributed by atoms with Gasteiger partial charge in [0.2, 0.25) is 0 Å². The molecule has 0 bridgehead atoms. The minimum Gasteiger partial charge on any atom is -0.285 e. The number of rotatable bonds is 0. The predicted molar refractivity (Wildman–Crippen MR) is 39.5 cm³/mol. The number of hydrogen-bond acceptors (Lipinski definition) is 3. The van der Waals surface area contributed by atoms with Crippen molar-refractivity contribution in [2.45, 2.75) is 0 Å². The molecular formula is H5O3PS3. The van der Waals surface area contributed by atoms with E-state index in [0.717, 1.165) is 0 Å². The Morgan fingerprint density at radius 1 is 1.57 bits per heavy atom. The van der Waals surface area contributed by atoms with Gasteiger partial charge in [-0.3, -0.25) is 9.11 Å². The molecule has 0 saturated carbocycles. The molecule has 0 aliphatic carbocycles. The SMILES string of the molecule is O=S(O)(O)=S.PS. The fourth-order valence-electron chi connectivity index (χ4n) is 0. The maximum absolute atomic E-state index is 9.11. The zero-order valence-electron chi connectivity index (χ0n) is 3.14. The Balaban J connectivity index is 0. The van der Waals surface area contributed by atoms with Crippen LogP contribution in [0.15, 0.2) is 0 Å². The lowest BCUT2D eigenvalue weighted by Gasteiger charge is -1.73. The van der Waals surface area contributed by atoms with E-state index in [-0.39, 0.29) is 0 Å². The van der Waals surface area contributed by atoms with E-state index in [2.05, 4.69) is 31.9 Å². The Hall–Kier alpha value is 1.07. The van der Waals surface area contributed by atoms with Gasteiger partial charge in [0.25, 0.3) is 9.05 Å². The summed E-state index contributed by atoms with van der Waals surface area (Å²) in [6.07, 6.45) is 0. The van der Waals surface area contributed by atoms with Crippen LogP contribution in [0.1, 0.15) is 0 Å². The van der Waals surface area contributed by atoms with Crippen LogP contribution in [0, 0.1) is 0 Å². The molecule has 2 N–H and O–H groups in total. The fraction of sp³-hybridized carbons (Fsp3) is 0. The highest BCUT2D eigenvalue weighted by molar-refractivity contribution is 8.31. The summed E-state index contributed by atoms with van der Waals surface area (Å²) in [4.78, 5) is 0. The van der Waals surface area contributed by atoms with Crippen LogP contribution in [0.4, 0.5) is 0 Å². The molecule has 0 aromatic heterocycles. The van der Waals surface area contributed by atoms with E-state index in [0.29, 0.717) is 0 Å². The van der Waals surface area contributed by atoms with Gasteiger partial charge in [0.15, 0.2) is 0 Å². The molecule has 1 atom stereocenters. The standard InChI is InChI=1S/H2O3S2.H3PS/c1-5(2,3)4;1-2/h(H2,1,2,3,4);2H,1H2. The molecule has 7 heteroatoms. The summed E-state index contributed by atoms with van der Waals surface area (Å²) in [6.45, 7) is 0. The first kappa shape index (κ1) is 10.9. The Labute approximate surface area is 54.6 Å². The van der Waals surface area contributed by atoms with Crippen molar-refractivity contribution in [3.8, 4) is 0 Å². The second kappa shape index (κ2) is 5.21. The third kappa shape index (κ3) is 159.